The second-order valence-corrected chi connectivity index (χ2v) is 7.84. The van der Waals surface area contributed by atoms with Crippen LogP contribution in [0.25, 0.3) is 11.1 Å². The number of carbonyl (C=O) groups excluding carboxylic acids is 2. The number of ether oxygens (including phenoxy) is 1. The van der Waals surface area contributed by atoms with Crippen molar-refractivity contribution in [2.45, 2.75) is 18.4 Å². The Morgan fingerprint density at radius 3 is 2.39 bits per heavy atom. The quantitative estimate of drug-likeness (QED) is 0.402. The van der Waals surface area contributed by atoms with Gasteiger partial charge in [0.25, 0.3) is 0 Å². The van der Waals surface area contributed by atoms with Crippen molar-refractivity contribution >= 4 is 17.6 Å². The van der Waals surface area contributed by atoms with Gasteiger partial charge in [-0.15, -0.1) is 0 Å². The zero-order valence-electron chi connectivity index (χ0n) is 16.7. The number of hydrogen-bond acceptors (Lipinski definition) is 5. The van der Waals surface area contributed by atoms with Gasteiger partial charge in [-0.1, -0.05) is 66.7 Å². The molecule has 0 unspecified atom stereocenters. The maximum Gasteiger partial charge on any atom is 0.345 e. The normalized spacial score (nSPS) is 21.0. The maximum atomic E-state index is 13.0. The number of carboxylic acids is 1. The van der Waals surface area contributed by atoms with Crippen LogP contribution in [-0.4, -0.2) is 18.0 Å². The van der Waals surface area contributed by atoms with E-state index in [0.29, 0.717) is 23.4 Å². The SMILES string of the molecule is O=C(Oc1ccc(-c2ccccc2)cc1)c1cccc2c1N[C@H](C(=O)[O-])[C@H]1CC=C[C@@H]21. The molecule has 0 bridgehead atoms. The first kappa shape index (κ1) is 19.1. The highest BCUT2D eigenvalue weighted by molar-refractivity contribution is 5.99. The van der Waals surface area contributed by atoms with Crippen molar-refractivity contribution in [3.63, 3.8) is 0 Å². The van der Waals surface area contributed by atoms with Crippen molar-refractivity contribution in [3.05, 3.63) is 96.1 Å². The number of rotatable bonds is 4. The summed E-state index contributed by atoms with van der Waals surface area (Å²) in [7, 11) is 0. The minimum Gasteiger partial charge on any atom is -0.548 e. The number of benzene rings is 3. The van der Waals surface area contributed by atoms with E-state index in [0.717, 1.165) is 16.7 Å². The van der Waals surface area contributed by atoms with Crippen LogP contribution in [0.3, 0.4) is 0 Å². The van der Waals surface area contributed by atoms with Crippen molar-refractivity contribution in [1.82, 2.24) is 0 Å². The fraction of sp³-hybridized carbons (Fsp3) is 0.154. The first-order valence-corrected chi connectivity index (χ1v) is 10.3. The van der Waals surface area contributed by atoms with Gasteiger partial charge in [0.15, 0.2) is 0 Å². The molecule has 5 heteroatoms. The molecular formula is C26H20NO4-. The molecule has 5 nitrogen and oxygen atoms in total. The number of aliphatic carboxylic acids is 1. The van der Waals surface area contributed by atoms with E-state index in [1.807, 2.05) is 60.7 Å². The van der Waals surface area contributed by atoms with E-state index in [9.17, 15) is 14.7 Å². The van der Waals surface area contributed by atoms with E-state index >= 15 is 0 Å². The molecule has 154 valence electrons. The lowest BCUT2D eigenvalue weighted by molar-refractivity contribution is -0.308. The zero-order chi connectivity index (χ0) is 21.4. The predicted molar refractivity (Wildman–Crippen MR) is 116 cm³/mol. The van der Waals surface area contributed by atoms with E-state index in [1.54, 1.807) is 24.3 Å². The van der Waals surface area contributed by atoms with Gasteiger partial charge in [0, 0.05) is 5.92 Å². The van der Waals surface area contributed by atoms with Gasteiger partial charge >= 0.3 is 5.97 Å². The average molecular weight is 410 g/mol. The Morgan fingerprint density at radius 2 is 1.65 bits per heavy atom. The van der Waals surface area contributed by atoms with Crippen molar-refractivity contribution in [2.75, 3.05) is 5.32 Å². The number of carboxylic acid groups (broad SMARTS) is 1. The van der Waals surface area contributed by atoms with Crippen LogP contribution in [-0.2, 0) is 4.79 Å². The summed E-state index contributed by atoms with van der Waals surface area (Å²) in [5.74, 6) is -1.45. The Hall–Kier alpha value is -3.86. The third-order valence-electron chi connectivity index (χ3n) is 6.04. The molecule has 0 saturated heterocycles. The van der Waals surface area contributed by atoms with Gasteiger partial charge in [0.1, 0.15) is 5.75 Å². The molecule has 0 amide bonds. The third-order valence-corrected chi connectivity index (χ3v) is 6.04. The average Bonchev–Trinajstić information content (AvgIpc) is 3.29. The number of carbonyl (C=O) groups is 2. The number of hydrogen-bond donors (Lipinski definition) is 1. The Balaban J connectivity index is 1.41. The Kier molecular flexibility index (Phi) is 4.79. The number of esters is 1. The number of para-hydroxylation sites is 1. The standard InChI is InChI=1S/C26H21NO4/c28-25(29)24-21-10-4-8-19(21)20-9-5-11-22(23(20)27-24)26(30)31-18-14-12-17(13-15-18)16-6-2-1-3-7-16/h1-9,11-15,19,21,24,27H,10H2,(H,28,29)/p-1/t19-,21-,24-/m0/s1. The van der Waals surface area contributed by atoms with Gasteiger partial charge in [-0.2, -0.15) is 0 Å². The van der Waals surface area contributed by atoms with Crippen molar-refractivity contribution in [3.8, 4) is 16.9 Å². The summed E-state index contributed by atoms with van der Waals surface area (Å²) in [6.45, 7) is 0. The molecule has 1 aliphatic heterocycles. The van der Waals surface area contributed by atoms with E-state index in [1.165, 1.54) is 0 Å². The van der Waals surface area contributed by atoms with Crippen molar-refractivity contribution in [2.24, 2.45) is 5.92 Å². The van der Waals surface area contributed by atoms with E-state index in [-0.39, 0.29) is 11.8 Å². The summed E-state index contributed by atoms with van der Waals surface area (Å²) in [6, 6.07) is 21.8. The van der Waals surface area contributed by atoms with Crippen molar-refractivity contribution < 1.29 is 19.4 Å². The molecule has 5 rings (SSSR count). The lowest BCUT2D eigenvalue weighted by Gasteiger charge is -2.38. The first-order chi connectivity index (χ1) is 15.1. The zero-order valence-corrected chi connectivity index (χ0v) is 16.7. The third kappa shape index (κ3) is 3.48. The molecule has 0 aromatic heterocycles. The Labute approximate surface area is 180 Å². The lowest BCUT2D eigenvalue weighted by atomic mass is 9.78. The number of allylic oxidation sites excluding steroid dienone is 2. The summed E-state index contributed by atoms with van der Waals surface area (Å²) in [4.78, 5) is 24.7. The fourth-order valence-electron chi connectivity index (χ4n) is 4.53. The highest BCUT2D eigenvalue weighted by Gasteiger charge is 2.39. The predicted octanol–water partition coefficient (Wildman–Crippen LogP) is 3.78. The summed E-state index contributed by atoms with van der Waals surface area (Å²) in [5, 5.41) is 14.7. The minimum absolute atomic E-state index is 0.0583. The van der Waals surface area contributed by atoms with Crippen LogP contribution in [0.1, 0.15) is 28.3 Å². The Bertz CT molecular complexity index is 1170. The smallest absolute Gasteiger partial charge is 0.345 e. The van der Waals surface area contributed by atoms with Crippen LogP contribution in [0.4, 0.5) is 5.69 Å². The molecule has 0 fully saturated rings. The first-order valence-electron chi connectivity index (χ1n) is 10.3. The van der Waals surface area contributed by atoms with Gasteiger partial charge in [-0.25, -0.2) is 4.79 Å². The largest absolute Gasteiger partial charge is 0.548 e. The van der Waals surface area contributed by atoms with Crippen LogP contribution in [0.2, 0.25) is 0 Å². The molecule has 3 atom stereocenters. The lowest BCUT2D eigenvalue weighted by Crippen LogP contribution is -2.49. The second kappa shape index (κ2) is 7.76. The molecule has 3 aromatic carbocycles. The summed E-state index contributed by atoms with van der Waals surface area (Å²) in [6.07, 6.45) is 4.66. The van der Waals surface area contributed by atoms with Crippen LogP contribution in [0.5, 0.6) is 5.75 Å². The van der Waals surface area contributed by atoms with Crippen LogP contribution >= 0.6 is 0 Å². The van der Waals surface area contributed by atoms with Crippen LogP contribution < -0.4 is 15.2 Å². The number of anilines is 1. The van der Waals surface area contributed by atoms with Gasteiger partial charge in [-0.05, 0) is 47.2 Å². The van der Waals surface area contributed by atoms with Gasteiger partial charge in [-0.3, -0.25) is 0 Å². The molecule has 1 N–H and O–H groups in total. The highest BCUT2D eigenvalue weighted by atomic mass is 16.5. The molecular weight excluding hydrogens is 390 g/mol. The highest BCUT2D eigenvalue weighted by Crippen LogP contribution is 2.45. The fourth-order valence-corrected chi connectivity index (χ4v) is 4.53. The second-order valence-electron chi connectivity index (χ2n) is 7.84. The van der Waals surface area contributed by atoms with E-state index in [4.69, 9.17) is 4.74 Å². The number of fused-ring (bicyclic) bond motifs is 3. The van der Waals surface area contributed by atoms with E-state index < -0.39 is 18.0 Å². The van der Waals surface area contributed by atoms with Crippen LogP contribution in [0, 0.1) is 5.92 Å². The molecule has 31 heavy (non-hydrogen) atoms. The summed E-state index contributed by atoms with van der Waals surface area (Å²) in [5.41, 5.74) is 3.83. The van der Waals surface area contributed by atoms with E-state index in [2.05, 4.69) is 5.32 Å². The number of nitrogens with one attached hydrogen (secondary N) is 1. The topological polar surface area (TPSA) is 78.5 Å². The van der Waals surface area contributed by atoms with Crippen LogP contribution in [0.15, 0.2) is 84.9 Å². The molecule has 2 aliphatic rings. The minimum atomic E-state index is -1.16. The van der Waals surface area contributed by atoms with Gasteiger partial charge < -0.3 is 20.0 Å². The van der Waals surface area contributed by atoms with Crippen molar-refractivity contribution in [1.29, 1.82) is 0 Å². The molecule has 3 aromatic rings. The monoisotopic (exact) mass is 410 g/mol. The molecule has 0 spiro atoms. The molecule has 0 radical (unpaired) electrons. The molecule has 1 heterocycles. The molecule has 1 aliphatic carbocycles. The van der Waals surface area contributed by atoms with Gasteiger partial charge in [0.05, 0.1) is 23.3 Å². The molecule has 0 saturated carbocycles. The Morgan fingerprint density at radius 1 is 0.903 bits per heavy atom. The summed E-state index contributed by atoms with van der Waals surface area (Å²) < 4.78 is 5.60. The summed E-state index contributed by atoms with van der Waals surface area (Å²) >= 11 is 0. The van der Waals surface area contributed by atoms with Gasteiger partial charge in [0.2, 0.25) is 0 Å². The maximum absolute atomic E-state index is 13.0.